The first-order valence-electron chi connectivity index (χ1n) is 9.16. The zero-order valence-corrected chi connectivity index (χ0v) is 14.9. The van der Waals surface area contributed by atoms with Crippen molar-refractivity contribution < 1.29 is 4.79 Å². The molecule has 0 aliphatic heterocycles. The predicted octanol–water partition coefficient (Wildman–Crippen LogP) is 4.46. The highest BCUT2D eigenvalue weighted by Crippen LogP contribution is 2.28. The third-order valence-corrected chi connectivity index (χ3v) is 4.98. The summed E-state index contributed by atoms with van der Waals surface area (Å²) < 4.78 is 0. The summed E-state index contributed by atoms with van der Waals surface area (Å²) in [5.41, 5.74) is 3.93. The van der Waals surface area contributed by atoms with Gasteiger partial charge in [0, 0.05) is 29.2 Å². The fourth-order valence-electron chi connectivity index (χ4n) is 3.25. The Morgan fingerprint density at radius 2 is 2.00 bits per heavy atom. The Labute approximate surface area is 158 Å². The minimum Gasteiger partial charge on any atom is -0.380 e. The van der Waals surface area contributed by atoms with Crippen molar-refractivity contribution in [1.29, 1.82) is 5.26 Å². The summed E-state index contributed by atoms with van der Waals surface area (Å²) in [4.78, 5) is 16.5. The number of fused-ring (bicyclic) bond motifs is 1. The molecule has 1 fully saturated rings. The van der Waals surface area contributed by atoms with Crippen molar-refractivity contribution in [2.24, 2.45) is 5.92 Å². The van der Waals surface area contributed by atoms with E-state index in [9.17, 15) is 10.1 Å². The van der Waals surface area contributed by atoms with Crippen LogP contribution < -0.4 is 10.6 Å². The number of carbonyl (C=O) groups excluding carboxylic acids is 1. The van der Waals surface area contributed by atoms with Crippen molar-refractivity contribution in [3.8, 4) is 6.07 Å². The van der Waals surface area contributed by atoms with Crippen molar-refractivity contribution >= 4 is 28.2 Å². The number of para-hydroxylation sites is 1. The van der Waals surface area contributed by atoms with Gasteiger partial charge in [0.2, 0.25) is 5.91 Å². The van der Waals surface area contributed by atoms with Crippen molar-refractivity contribution in [2.45, 2.75) is 25.8 Å². The highest BCUT2D eigenvalue weighted by molar-refractivity contribution is 5.93. The number of carbonyl (C=O) groups is 1. The minimum absolute atomic E-state index is 0.116. The Hall–Kier alpha value is -3.39. The monoisotopic (exact) mass is 356 g/mol. The molecule has 5 nitrogen and oxygen atoms in total. The topological polar surface area (TPSA) is 77.8 Å². The number of aromatic nitrogens is 1. The Bertz CT molecular complexity index is 1030. The summed E-state index contributed by atoms with van der Waals surface area (Å²) in [5, 5.41) is 16.6. The van der Waals surface area contributed by atoms with Gasteiger partial charge in [-0.3, -0.25) is 4.79 Å². The van der Waals surface area contributed by atoms with Crippen molar-refractivity contribution in [2.75, 3.05) is 10.6 Å². The zero-order valence-electron chi connectivity index (χ0n) is 14.9. The largest absolute Gasteiger partial charge is 0.380 e. The van der Waals surface area contributed by atoms with E-state index in [1.165, 1.54) is 0 Å². The maximum atomic E-state index is 12.1. The number of nitrogens with zero attached hydrogens (tertiary/aromatic N) is 2. The third kappa shape index (κ3) is 3.75. The molecule has 134 valence electrons. The third-order valence-electron chi connectivity index (χ3n) is 4.98. The van der Waals surface area contributed by atoms with E-state index in [0.717, 1.165) is 47.1 Å². The molecule has 2 aromatic carbocycles. The summed E-state index contributed by atoms with van der Waals surface area (Å²) in [7, 11) is 0. The zero-order chi connectivity index (χ0) is 18.6. The fourth-order valence-corrected chi connectivity index (χ4v) is 3.25. The number of rotatable bonds is 5. The summed E-state index contributed by atoms with van der Waals surface area (Å²) in [5.74, 6) is 0.282. The first-order valence-corrected chi connectivity index (χ1v) is 9.16. The molecule has 4 rings (SSSR count). The van der Waals surface area contributed by atoms with Gasteiger partial charge in [0.15, 0.2) is 0 Å². The van der Waals surface area contributed by atoms with Gasteiger partial charge in [-0.05, 0) is 42.7 Å². The molecule has 27 heavy (non-hydrogen) atoms. The average molecular weight is 356 g/mol. The van der Waals surface area contributed by atoms with E-state index in [0.29, 0.717) is 12.2 Å². The molecule has 1 aromatic heterocycles. The molecular weight excluding hydrogens is 336 g/mol. The molecule has 1 aliphatic rings. The van der Waals surface area contributed by atoms with Gasteiger partial charge in [-0.1, -0.05) is 36.8 Å². The van der Waals surface area contributed by atoms with Crippen LogP contribution in [0.4, 0.5) is 11.4 Å². The van der Waals surface area contributed by atoms with Gasteiger partial charge in [0.1, 0.15) is 11.8 Å². The number of anilines is 2. The Kier molecular flexibility index (Phi) is 4.71. The van der Waals surface area contributed by atoms with Gasteiger partial charge >= 0.3 is 0 Å². The van der Waals surface area contributed by atoms with E-state index < -0.39 is 0 Å². The lowest BCUT2D eigenvalue weighted by Gasteiger charge is -2.24. The molecule has 0 atom stereocenters. The molecule has 5 heteroatoms. The van der Waals surface area contributed by atoms with E-state index in [4.69, 9.17) is 0 Å². The van der Waals surface area contributed by atoms with Gasteiger partial charge in [0.25, 0.3) is 0 Å². The minimum atomic E-state index is 0.116. The van der Waals surface area contributed by atoms with Crippen LogP contribution in [0.15, 0.2) is 54.6 Å². The molecule has 1 aliphatic carbocycles. The molecule has 0 unspecified atom stereocenters. The SMILES string of the molecule is N#Cc1cc(NCc2cccc(NC(=O)C3CCC3)c2)c2ccccc2n1. The Morgan fingerprint density at radius 3 is 2.78 bits per heavy atom. The van der Waals surface area contributed by atoms with Crippen LogP contribution in [0.5, 0.6) is 0 Å². The number of nitriles is 1. The molecule has 0 bridgehead atoms. The van der Waals surface area contributed by atoms with Gasteiger partial charge in [0.05, 0.1) is 5.52 Å². The van der Waals surface area contributed by atoms with E-state index in [2.05, 4.69) is 21.7 Å². The molecule has 1 heterocycles. The summed E-state index contributed by atoms with van der Waals surface area (Å²) in [6.07, 6.45) is 3.12. The first-order chi connectivity index (χ1) is 13.2. The Morgan fingerprint density at radius 1 is 1.15 bits per heavy atom. The molecule has 0 saturated heterocycles. The molecule has 0 radical (unpaired) electrons. The summed E-state index contributed by atoms with van der Waals surface area (Å²) >= 11 is 0. The molecule has 1 saturated carbocycles. The molecule has 0 spiro atoms. The van der Waals surface area contributed by atoms with Crippen molar-refractivity contribution in [1.82, 2.24) is 4.98 Å². The van der Waals surface area contributed by atoms with Gasteiger partial charge in [-0.15, -0.1) is 0 Å². The first kappa shape index (κ1) is 17.0. The lowest BCUT2D eigenvalue weighted by molar-refractivity contribution is -0.122. The maximum Gasteiger partial charge on any atom is 0.227 e. The maximum absolute atomic E-state index is 12.1. The molecular formula is C22H20N4O. The van der Waals surface area contributed by atoms with Crippen LogP contribution in [0.2, 0.25) is 0 Å². The second-order valence-electron chi connectivity index (χ2n) is 6.86. The number of benzene rings is 2. The van der Waals surface area contributed by atoms with Crippen LogP contribution in [0.3, 0.4) is 0 Å². The Balaban J connectivity index is 1.50. The van der Waals surface area contributed by atoms with E-state index in [-0.39, 0.29) is 11.8 Å². The number of hydrogen-bond acceptors (Lipinski definition) is 4. The highest BCUT2D eigenvalue weighted by atomic mass is 16.1. The number of amides is 1. The number of nitrogens with one attached hydrogen (secondary N) is 2. The van der Waals surface area contributed by atoms with Crippen LogP contribution in [-0.4, -0.2) is 10.9 Å². The normalized spacial score (nSPS) is 13.6. The summed E-state index contributed by atoms with van der Waals surface area (Å²) in [6.45, 7) is 0.589. The highest BCUT2D eigenvalue weighted by Gasteiger charge is 2.25. The number of hydrogen-bond donors (Lipinski definition) is 2. The van der Waals surface area contributed by atoms with Crippen molar-refractivity contribution in [3.05, 3.63) is 65.9 Å². The fraction of sp³-hybridized carbons (Fsp3) is 0.227. The van der Waals surface area contributed by atoms with Crippen molar-refractivity contribution in [3.63, 3.8) is 0 Å². The lowest BCUT2D eigenvalue weighted by Crippen LogP contribution is -2.28. The van der Waals surface area contributed by atoms with E-state index in [1.54, 1.807) is 6.07 Å². The quantitative estimate of drug-likeness (QED) is 0.708. The van der Waals surface area contributed by atoms with Gasteiger partial charge in [-0.25, -0.2) is 4.98 Å². The molecule has 2 N–H and O–H groups in total. The predicted molar refractivity (Wildman–Crippen MR) is 106 cm³/mol. The van der Waals surface area contributed by atoms with Crippen LogP contribution in [-0.2, 0) is 11.3 Å². The second kappa shape index (κ2) is 7.46. The van der Waals surface area contributed by atoms with Crippen LogP contribution >= 0.6 is 0 Å². The van der Waals surface area contributed by atoms with Gasteiger partial charge in [-0.2, -0.15) is 5.26 Å². The standard InChI is InChI=1S/C22H20N4O/c23-13-18-12-21(19-9-1-2-10-20(19)25-18)24-14-15-5-3-8-17(11-15)26-22(27)16-6-4-7-16/h1-3,5,8-12,16H,4,6-7,14H2,(H,24,25)(H,26,27). The summed E-state index contributed by atoms with van der Waals surface area (Å²) in [6, 6.07) is 19.5. The smallest absolute Gasteiger partial charge is 0.227 e. The lowest BCUT2D eigenvalue weighted by atomic mass is 9.85. The van der Waals surface area contributed by atoms with Crippen LogP contribution in [0.1, 0.15) is 30.5 Å². The molecule has 3 aromatic rings. The van der Waals surface area contributed by atoms with E-state index >= 15 is 0 Å². The van der Waals surface area contributed by atoms with Crippen LogP contribution in [0, 0.1) is 17.2 Å². The second-order valence-corrected chi connectivity index (χ2v) is 6.86. The van der Waals surface area contributed by atoms with Crippen LogP contribution in [0.25, 0.3) is 10.9 Å². The van der Waals surface area contributed by atoms with Gasteiger partial charge < -0.3 is 10.6 Å². The number of pyridine rings is 1. The average Bonchev–Trinajstić information content (AvgIpc) is 2.64. The molecule has 1 amide bonds. The van der Waals surface area contributed by atoms with E-state index in [1.807, 2.05) is 48.5 Å².